The van der Waals surface area contributed by atoms with Crippen molar-refractivity contribution in [2.75, 3.05) is 26.4 Å². The first-order valence-corrected chi connectivity index (χ1v) is 12.2. The maximum Gasteiger partial charge on any atom is 0.126 e. The summed E-state index contributed by atoms with van der Waals surface area (Å²) in [6, 6.07) is 4.30. The molecule has 0 bridgehead atoms. The Kier molecular flexibility index (Phi) is 9.64. The Morgan fingerprint density at radius 3 is 1.33 bits per heavy atom. The molecular weight excluding hydrogens is 414 g/mol. The van der Waals surface area contributed by atoms with E-state index in [1.54, 1.807) is 0 Å². The normalized spacial score (nSPS) is 14.0. The lowest BCUT2D eigenvalue weighted by Crippen LogP contribution is -2.40. The second kappa shape index (κ2) is 10.6. The molecule has 0 unspecified atom stereocenters. The van der Waals surface area contributed by atoms with Crippen molar-refractivity contribution in [2.45, 2.75) is 99.5 Å². The number of hydrogen-bond donors (Lipinski definition) is 4. The minimum absolute atomic E-state index is 0.0235. The van der Waals surface area contributed by atoms with Gasteiger partial charge in [0.2, 0.25) is 0 Å². The third-order valence-electron chi connectivity index (χ3n) is 6.32. The third kappa shape index (κ3) is 8.24. The zero-order chi connectivity index (χ0) is 25.9. The molecule has 0 aliphatic carbocycles. The lowest BCUT2D eigenvalue weighted by molar-refractivity contribution is -0.0267. The van der Waals surface area contributed by atoms with Gasteiger partial charge >= 0.3 is 0 Å². The summed E-state index contributed by atoms with van der Waals surface area (Å²) in [5, 5.41) is 29.7. The average Bonchev–Trinajstić information content (AvgIpc) is 2.65. The fourth-order valence-corrected chi connectivity index (χ4v) is 5.32. The van der Waals surface area contributed by atoms with Gasteiger partial charge in [0.15, 0.2) is 0 Å². The van der Waals surface area contributed by atoms with Crippen molar-refractivity contribution in [3.63, 3.8) is 0 Å². The van der Waals surface area contributed by atoms with Crippen LogP contribution in [0.15, 0.2) is 12.1 Å². The number of ether oxygens (including phenoxy) is 1. The van der Waals surface area contributed by atoms with Crippen LogP contribution in [0.4, 0.5) is 0 Å². The summed E-state index contributed by atoms with van der Waals surface area (Å²) in [6.07, 6.45) is 1.88. The summed E-state index contributed by atoms with van der Waals surface area (Å²) in [5.74, 6) is 0.787. The number of hydrogen-bond acceptors (Lipinski definition) is 5. The Morgan fingerprint density at radius 2 is 1.06 bits per heavy atom. The van der Waals surface area contributed by atoms with Crippen molar-refractivity contribution < 1.29 is 20.1 Å². The van der Waals surface area contributed by atoms with Gasteiger partial charge in [-0.1, -0.05) is 81.4 Å². The van der Waals surface area contributed by atoms with Crippen LogP contribution >= 0.6 is 0 Å². The highest BCUT2D eigenvalue weighted by Crippen LogP contribution is 2.48. The van der Waals surface area contributed by atoms with E-state index >= 15 is 0 Å². The molecule has 0 amide bonds. The molecule has 33 heavy (non-hydrogen) atoms. The maximum atomic E-state index is 9.88. The van der Waals surface area contributed by atoms with Gasteiger partial charge in [0.05, 0.1) is 25.2 Å². The zero-order valence-electron chi connectivity index (χ0n) is 22.9. The predicted molar refractivity (Wildman–Crippen MR) is 138 cm³/mol. The van der Waals surface area contributed by atoms with E-state index in [1.807, 2.05) is 0 Å². The quantitative estimate of drug-likeness (QED) is 0.372. The molecule has 1 aromatic rings. The molecule has 0 saturated carbocycles. The lowest BCUT2D eigenvalue weighted by atomic mass is 9.67. The third-order valence-corrected chi connectivity index (χ3v) is 6.32. The molecular formula is C28H51NO4. The molecule has 5 nitrogen and oxygen atoms in total. The van der Waals surface area contributed by atoms with Crippen LogP contribution in [0.1, 0.15) is 98.8 Å². The van der Waals surface area contributed by atoms with Crippen LogP contribution in [0.5, 0.6) is 5.75 Å². The molecule has 0 aliphatic rings. The minimum Gasteiger partial charge on any atom is -0.492 e. The molecule has 0 radical (unpaired) electrons. The standard InChI is InChI=1S/C28H51NO4/c1-24(2,3)14-26(7,8)21-11-20(13-29)12-22(27(9,10)15-25(4,5)6)23(21)33-19-28(16-30,17-31)18-32/h11-12,30-32H,13-19,29H2,1-10H3. The smallest absolute Gasteiger partial charge is 0.126 e. The summed E-state index contributed by atoms with van der Waals surface area (Å²) in [5.41, 5.74) is 8.07. The number of nitrogens with two attached hydrogens (primary N) is 1. The molecule has 1 rings (SSSR count). The molecule has 0 aliphatic heterocycles. The van der Waals surface area contributed by atoms with Crippen molar-refractivity contribution in [1.29, 1.82) is 0 Å². The summed E-state index contributed by atoms with van der Waals surface area (Å²) >= 11 is 0. The fourth-order valence-electron chi connectivity index (χ4n) is 5.32. The van der Waals surface area contributed by atoms with Crippen molar-refractivity contribution in [3.05, 3.63) is 28.8 Å². The SMILES string of the molecule is CC(C)(C)CC(C)(C)c1cc(CN)cc(C(C)(C)CC(C)(C)C)c1OCC(CO)(CO)CO. The van der Waals surface area contributed by atoms with Crippen LogP contribution in [0.25, 0.3) is 0 Å². The molecule has 5 heteroatoms. The average molecular weight is 466 g/mol. The van der Waals surface area contributed by atoms with Crippen molar-refractivity contribution in [3.8, 4) is 5.75 Å². The highest BCUT2D eigenvalue weighted by Gasteiger charge is 2.38. The highest BCUT2D eigenvalue weighted by molar-refractivity contribution is 5.51. The largest absolute Gasteiger partial charge is 0.492 e. The molecule has 192 valence electrons. The Morgan fingerprint density at radius 1 is 0.697 bits per heavy atom. The minimum atomic E-state index is -1.11. The van der Waals surface area contributed by atoms with E-state index in [4.69, 9.17) is 10.5 Å². The number of rotatable bonds is 11. The van der Waals surface area contributed by atoms with Gasteiger partial charge in [-0.25, -0.2) is 0 Å². The van der Waals surface area contributed by atoms with Gasteiger partial charge in [0.1, 0.15) is 12.4 Å². The van der Waals surface area contributed by atoms with Crippen LogP contribution in [0, 0.1) is 16.2 Å². The molecule has 0 saturated heterocycles. The Balaban J connectivity index is 3.82. The summed E-state index contributed by atoms with van der Waals surface area (Å²) in [6.45, 7) is 21.7. The molecule has 0 fully saturated rings. The highest BCUT2D eigenvalue weighted by atomic mass is 16.5. The summed E-state index contributed by atoms with van der Waals surface area (Å²) < 4.78 is 6.49. The van der Waals surface area contributed by atoms with E-state index in [0.29, 0.717) is 6.54 Å². The molecule has 1 aromatic carbocycles. The first-order valence-electron chi connectivity index (χ1n) is 12.2. The van der Waals surface area contributed by atoms with Crippen LogP contribution < -0.4 is 10.5 Å². The van der Waals surface area contributed by atoms with Gasteiger partial charge < -0.3 is 25.8 Å². The summed E-state index contributed by atoms with van der Waals surface area (Å²) in [7, 11) is 0. The Hall–Kier alpha value is -1.14. The van der Waals surface area contributed by atoms with Gasteiger partial charge in [-0.2, -0.15) is 0 Å². The summed E-state index contributed by atoms with van der Waals surface area (Å²) in [4.78, 5) is 0. The van der Waals surface area contributed by atoms with E-state index in [1.165, 1.54) is 0 Å². The van der Waals surface area contributed by atoms with Crippen LogP contribution in [-0.2, 0) is 17.4 Å². The van der Waals surface area contributed by atoms with Crippen LogP contribution in [0.2, 0.25) is 0 Å². The van der Waals surface area contributed by atoms with E-state index in [2.05, 4.69) is 81.4 Å². The van der Waals surface area contributed by atoms with Crippen LogP contribution in [0.3, 0.4) is 0 Å². The molecule has 0 atom stereocenters. The van der Waals surface area contributed by atoms with Crippen molar-refractivity contribution in [1.82, 2.24) is 0 Å². The first-order chi connectivity index (χ1) is 14.9. The Labute approximate surface area is 202 Å². The maximum absolute atomic E-state index is 9.88. The molecule has 0 aromatic heterocycles. The van der Waals surface area contributed by atoms with Gasteiger partial charge in [-0.05, 0) is 40.1 Å². The monoisotopic (exact) mass is 465 g/mol. The van der Waals surface area contributed by atoms with E-state index in [0.717, 1.165) is 35.3 Å². The van der Waals surface area contributed by atoms with Crippen LogP contribution in [-0.4, -0.2) is 41.7 Å². The number of benzene rings is 1. The van der Waals surface area contributed by atoms with Crippen molar-refractivity contribution in [2.24, 2.45) is 22.0 Å². The van der Waals surface area contributed by atoms with Gasteiger partial charge in [0, 0.05) is 17.7 Å². The molecule has 5 N–H and O–H groups in total. The van der Waals surface area contributed by atoms with E-state index < -0.39 is 5.41 Å². The second-order valence-corrected chi connectivity index (χ2v) is 13.7. The second-order valence-electron chi connectivity index (χ2n) is 13.7. The Bertz CT molecular complexity index is 708. The zero-order valence-corrected chi connectivity index (χ0v) is 22.9. The first kappa shape index (κ1) is 29.9. The van der Waals surface area contributed by atoms with E-state index in [9.17, 15) is 15.3 Å². The number of aliphatic hydroxyl groups is 3. The van der Waals surface area contributed by atoms with Crippen molar-refractivity contribution >= 4 is 0 Å². The lowest BCUT2D eigenvalue weighted by Gasteiger charge is -2.39. The number of aliphatic hydroxyl groups excluding tert-OH is 3. The van der Waals surface area contributed by atoms with Gasteiger partial charge in [0.25, 0.3) is 0 Å². The van der Waals surface area contributed by atoms with Gasteiger partial charge in [-0.15, -0.1) is 0 Å². The molecule has 0 heterocycles. The fraction of sp³-hybridized carbons (Fsp3) is 0.786. The topological polar surface area (TPSA) is 95.9 Å². The van der Waals surface area contributed by atoms with Gasteiger partial charge in [-0.3, -0.25) is 0 Å². The molecule has 0 spiro atoms. The predicted octanol–water partition coefficient (Wildman–Crippen LogP) is 4.92. The van der Waals surface area contributed by atoms with E-state index in [-0.39, 0.29) is 48.1 Å².